The van der Waals surface area contributed by atoms with Crippen LogP contribution in [0.15, 0.2) is 36.4 Å². The number of nitrogens with one attached hydrogen (secondary N) is 2. The van der Waals surface area contributed by atoms with Gasteiger partial charge in [-0.25, -0.2) is 8.78 Å². The van der Waals surface area contributed by atoms with E-state index in [0.717, 1.165) is 6.07 Å². The summed E-state index contributed by atoms with van der Waals surface area (Å²) in [6, 6.07) is 8.08. The van der Waals surface area contributed by atoms with Crippen LogP contribution in [0.25, 0.3) is 0 Å². The molecule has 2 amide bonds. The molecule has 0 radical (unpaired) electrons. The molecule has 10 heteroatoms. The van der Waals surface area contributed by atoms with Crippen LogP contribution in [0, 0.1) is 17.6 Å². The number of hydrogen-bond acceptors (Lipinski definition) is 4. The number of rotatable bonds is 9. The smallest absolute Gasteiger partial charge is 0.258 e. The molecular formula is C23H24Cl2F2N2O4. The lowest BCUT2D eigenvalue weighted by Gasteiger charge is -2.28. The molecule has 0 heterocycles. The molecule has 1 saturated carbocycles. The number of carbonyl (C=O) groups is 2. The average Bonchev–Trinajstić information content (AvgIpc) is 2.80. The number of carbonyl (C=O) groups excluding carboxylic acids is 2. The Morgan fingerprint density at radius 1 is 0.909 bits per heavy atom. The molecular weight excluding hydrogens is 477 g/mol. The summed E-state index contributed by atoms with van der Waals surface area (Å²) in [6.45, 7) is 0.261. The number of hydrogen-bond donors (Lipinski definition) is 2. The molecule has 1 aliphatic carbocycles. The van der Waals surface area contributed by atoms with E-state index in [1.165, 1.54) is 24.3 Å². The van der Waals surface area contributed by atoms with Crippen LogP contribution in [0.2, 0.25) is 10.0 Å². The fraction of sp³-hybridized carbons (Fsp3) is 0.391. The van der Waals surface area contributed by atoms with Crippen LogP contribution in [0.3, 0.4) is 0 Å². The second kappa shape index (κ2) is 12.0. The lowest BCUT2D eigenvalue weighted by atomic mass is 9.85. The minimum atomic E-state index is -0.614. The molecule has 0 unspecified atom stereocenters. The monoisotopic (exact) mass is 500 g/mol. The SMILES string of the molecule is O=C(COc1ccc(Cl)c(F)c1)NC1CCC(C(=O)NCCOc2ccc(Cl)c(F)c2)CC1. The molecule has 33 heavy (non-hydrogen) atoms. The highest BCUT2D eigenvalue weighted by Gasteiger charge is 2.27. The van der Waals surface area contributed by atoms with E-state index in [2.05, 4.69) is 10.6 Å². The Balaban J connectivity index is 1.30. The Kier molecular flexibility index (Phi) is 9.14. The Hall–Kier alpha value is -2.58. The van der Waals surface area contributed by atoms with Crippen molar-refractivity contribution in [2.45, 2.75) is 31.7 Å². The van der Waals surface area contributed by atoms with Gasteiger partial charge in [0.05, 0.1) is 16.6 Å². The first-order valence-electron chi connectivity index (χ1n) is 10.5. The molecule has 0 spiro atoms. The summed E-state index contributed by atoms with van der Waals surface area (Å²) in [5, 5.41) is 5.70. The Morgan fingerprint density at radius 2 is 1.48 bits per heavy atom. The van der Waals surface area contributed by atoms with Crippen molar-refractivity contribution < 1.29 is 27.8 Å². The van der Waals surface area contributed by atoms with Gasteiger partial charge in [0, 0.05) is 24.1 Å². The number of amides is 2. The molecule has 2 N–H and O–H groups in total. The van der Waals surface area contributed by atoms with Gasteiger partial charge < -0.3 is 20.1 Å². The summed E-state index contributed by atoms with van der Waals surface area (Å²) in [5.74, 6) is -1.14. The van der Waals surface area contributed by atoms with Crippen LogP contribution in [-0.4, -0.2) is 37.6 Å². The summed E-state index contributed by atoms with van der Waals surface area (Å²) in [4.78, 5) is 24.5. The third-order valence-corrected chi connectivity index (χ3v) is 5.90. The Morgan fingerprint density at radius 3 is 2.06 bits per heavy atom. The number of benzene rings is 2. The minimum Gasteiger partial charge on any atom is -0.492 e. The van der Waals surface area contributed by atoms with Gasteiger partial charge in [-0.3, -0.25) is 9.59 Å². The van der Waals surface area contributed by atoms with Crippen LogP contribution in [0.1, 0.15) is 25.7 Å². The van der Waals surface area contributed by atoms with Gasteiger partial charge in [-0.1, -0.05) is 23.2 Å². The van der Waals surface area contributed by atoms with Crippen molar-refractivity contribution in [3.8, 4) is 11.5 Å². The summed E-state index contributed by atoms with van der Waals surface area (Å²) in [5.41, 5.74) is 0. The number of halogens is 4. The first-order valence-corrected chi connectivity index (χ1v) is 11.3. The molecule has 0 aromatic heterocycles. The van der Waals surface area contributed by atoms with E-state index < -0.39 is 11.6 Å². The molecule has 0 saturated heterocycles. The van der Waals surface area contributed by atoms with Gasteiger partial charge in [-0.15, -0.1) is 0 Å². The van der Waals surface area contributed by atoms with Gasteiger partial charge in [-0.05, 0) is 49.9 Å². The summed E-state index contributed by atoms with van der Waals surface area (Å²) in [7, 11) is 0. The van der Waals surface area contributed by atoms with Crippen molar-refractivity contribution >= 4 is 35.0 Å². The first kappa shape index (κ1) is 25.1. The average molecular weight is 501 g/mol. The maximum Gasteiger partial charge on any atom is 0.258 e. The van der Waals surface area contributed by atoms with Gasteiger partial charge in [0.2, 0.25) is 5.91 Å². The molecule has 1 fully saturated rings. The van der Waals surface area contributed by atoms with E-state index in [1.54, 1.807) is 6.07 Å². The summed E-state index contributed by atoms with van der Waals surface area (Å²) in [6.07, 6.45) is 2.62. The summed E-state index contributed by atoms with van der Waals surface area (Å²) < 4.78 is 37.5. The van der Waals surface area contributed by atoms with E-state index in [9.17, 15) is 18.4 Å². The van der Waals surface area contributed by atoms with Crippen LogP contribution in [0.4, 0.5) is 8.78 Å². The van der Waals surface area contributed by atoms with Crippen LogP contribution >= 0.6 is 23.2 Å². The summed E-state index contributed by atoms with van der Waals surface area (Å²) >= 11 is 11.2. The highest BCUT2D eigenvalue weighted by Crippen LogP contribution is 2.25. The highest BCUT2D eigenvalue weighted by molar-refractivity contribution is 6.31. The zero-order valence-corrected chi connectivity index (χ0v) is 19.2. The van der Waals surface area contributed by atoms with Gasteiger partial charge in [0.15, 0.2) is 6.61 Å². The van der Waals surface area contributed by atoms with Crippen molar-refractivity contribution in [3.63, 3.8) is 0 Å². The fourth-order valence-corrected chi connectivity index (χ4v) is 3.77. The lowest BCUT2D eigenvalue weighted by molar-refractivity contribution is -0.126. The van der Waals surface area contributed by atoms with Crippen LogP contribution in [0.5, 0.6) is 11.5 Å². The molecule has 0 atom stereocenters. The predicted octanol–water partition coefficient (Wildman–Crippen LogP) is 4.52. The predicted molar refractivity (Wildman–Crippen MR) is 121 cm³/mol. The van der Waals surface area contributed by atoms with Crippen LogP contribution < -0.4 is 20.1 Å². The van der Waals surface area contributed by atoms with E-state index in [-0.39, 0.29) is 52.8 Å². The largest absolute Gasteiger partial charge is 0.492 e. The molecule has 1 aliphatic rings. The molecule has 3 rings (SSSR count). The molecule has 0 bridgehead atoms. The van der Waals surface area contributed by atoms with E-state index in [0.29, 0.717) is 38.0 Å². The van der Waals surface area contributed by atoms with Crippen molar-refractivity contribution in [1.82, 2.24) is 10.6 Å². The van der Waals surface area contributed by atoms with E-state index in [4.69, 9.17) is 32.7 Å². The van der Waals surface area contributed by atoms with Gasteiger partial charge in [0.1, 0.15) is 29.7 Å². The molecule has 178 valence electrons. The van der Waals surface area contributed by atoms with Crippen molar-refractivity contribution in [3.05, 3.63) is 58.1 Å². The normalized spacial score (nSPS) is 17.8. The van der Waals surface area contributed by atoms with Gasteiger partial charge in [0.25, 0.3) is 5.91 Å². The van der Waals surface area contributed by atoms with Crippen molar-refractivity contribution in [1.29, 1.82) is 0 Å². The highest BCUT2D eigenvalue weighted by atomic mass is 35.5. The Bertz CT molecular complexity index is 985. The topological polar surface area (TPSA) is 76.7 Å². The second-order valence-corrected chi connectivity index (χ2v) is 8.51. The molecule has 0 aliphatic heterocycles. The molecule has 2 aromatic rings. The van der Waals surface area contributed by atoms with Gasteiger partial charge in [-0.2, -0.15) is 0 Å². The number of ether oxygens (including phenoxy) is 2. The Labute approximate surface area is 200 Å². The standard InChI is InChI=1S/C23H24Cl2F2N2O4/c24-18-7-5-16(11-20(18)26)32-10-9-28-23(31)14-1-3-15(4-2-14)29-22(30)13-33-17-6-8-19(25)21(27)12-17/h5-8,11-12,14-15H,1-4,9-10,13H2,(H,28,31)(H,29,30). The second-order valence-electron chi connectivity index (χ2n) is 7.70. The third-order valence-electron chi connectivity index (χ3n) is 5.29. The fourth-order valence-electron chi connectivity index (χ4n) is 3.54. The quantitative estimate of drug-likeness (QED) is 0.496. The maximum absolute atomic E-state index is 13.4. The first-order chi connectivity index (χ1) is 15.8. The minimum absolute atomic E-state index is 0.0166. The van der Waals surface area contributed by atoms with Crippen LogP contribution in [-0.2, 0) is 9.59 Å². The molecule has 6 nitrogen and oxygen atoms in total. The maximum atomic E-state index is 13.4. The van der Waals surface area contributed by atoms with Crippen molar-refractivity contribution in [2.24, 2.45) is 5.92 Å². The van der Waals surface area contributed by atoms with Crippen molar-refractivity contribution in [2.75, 3.05) is 19.8 Å². The molecule has 2 aromatic carbocycles. The third kappa shape index (κ3) is 7.75. The van der Waals surface area contributed by atoms with E-state index in [1.807, 2.05) is 0 Å². The zero-order valence-electron chi connectivity index (χ0n) is 17.7. The van der Waals surface area contributed by atoms with Gasteiger partial charge >= 0.3 is 0 Å². The van der Waals surface area contributed by atoms with E-state index >= 15 is 0 Å². The lowest BCUT2D eigenvalue weighted by Crippen LogP contribution is -2.42. The zero-order chi connectivity index (χ0) is 23.8.